The van der Waals surface area contributed by atoms with Gasteiger partial charge in [-0.15, -0.1) is 0 Å². The molecule has 1 aromatic rings. The Kier molecular flexibility index (Phi) is 2.41. The number of ether oxygens (including phenoxy) is 1. The quantitative estimate of drug-likeness (QED) is 0.689. The zero-order valence-electron chi connectivity index (χ0n) is 7.73. The van der Waals surface area contributed by atoms with Gasteiger partial charge in [-0.05, 0) is 17.7 Å². The van der Waals surface area contributed by atoms with Crippen molar-refractivity contribution in [1.82, 2.24) is 0 Å². The van der Waals surface area contributed by atoms with Crippen molar-refractivity contribution in [2.75, 3.05) is 7.11 Å². The number of benzene rings is 1. The van der Waals surface area contributed by atoms with Gasteiger partial charge in [0.25, 0.3) is 0 Å². The first-order chi connectivity index (χ1) is 6.81. The van der Waals surface area contributed by atoms with Gasteiger partial charge < -0.3 is 4.74 Å². The number of rotatable bonds is 2. The summed E-state index contributed by atoms with van der Waals surface area (Å²) < 4.78 is 5.08. The first-order valence-corrected chi connectivity index (χ1v) is 4.64. The van der Waals surface area contributed by atoms with E-state index in [0.717, 1.165) is 21.8 Å². The second kappa shape index (κ2) is 3.72. The molecule has 1 heterocycles. The summed E-state index contributed by atoms with van der Waals surface area (Å²) in [4.78, 5) is 4.79. The topological polar surface area (TPSA) is 21.6 Å². The maximum Gasteiger partial charge on any atom is 0.118 e. The molecule has 14 heavy (non-hydrogen) atoms. The normalized spacial score (nSPS) is 14.4. The minimum Gasteiger partial charge on any atom is -0.497 e. The smallest absolute Gasteiger partial charge is 0.118 e. The predicted octanol–water partition coefficient (Wildman–Crippen LogP) is 2.49. The Balaban J connectivity index is 2.30. The van der Waals surface area contributed by atoms with Crippen molar-refractivity contribution in [3.8, 4) is 5.75 Å². The van der Waals surface area contributed by atoms with Crippen LogP contribution < -0.4 is 4.74 Å². The first kappa shape index (κ1) is 9.09. The van der Waals surface area contributed by atoms with Crippen molar-refractivity contribution in [3.05, 3.63) is 36.0 Å². The molecular weight excluding hydrogens is 194 g/mol. The maximum absolute atomic E-state index is 5.13. The van der Waals surface area contributed by atoms with Crippen molar-refractivity contribution in [2.45, 2.75) is 0 Å². The van der Waals surface area contributed by atoms with Crippen molar-refractivity contribution in [2.24, 2.45) is 4.99 Å². The van der Waals surface area contributed by atoms with Crippen molar-refractivity contribution in [1.29, 1.82) is 0 Å². The van der Waals surface area contributed by atoms with Crippen LogP contribution >= 0.6 is 12.2 Å². The van der Waals surface area contributed by atoms with E-state index in [1.54, 1.807) is 19.5 Å². The molecule has 3 heteroatoms. The van der Waals surface area contributed by atoms with Gasteiger partial charge >= 0.3 is 0 Å². The fourth-order valence-electron chi connectivity index (χ4n) is 1.30. The van der Waals surface area contributed by atoms with Gasteiger partial charge in [-0.25, -0.2) is 0 Å². The number of thiocarbonyl (C=S) groups is 1. The molecule has 1 aliphatic heterocycles. The number of aliphatic imine (C=N–C) groups is 1. The summed E-state index contributed by atoms with van der Waals surface area (Å²) in [6.45, 7) is 0. The molecule has 0 saturated heterocycles. The van der Waals surface area contributed by atoms with Crippen LogP contribution in [0.4, 0.5) is 0 Å². The summed E-state index contributed by atoms with van der Waals surface area (Å²) in [5.74, 6) is 0.846. The van der Waals surface area contributed by atoms with E-state index in [1.165, 1.54) is 0 Å². The number of nitrogens with zero attached hydrogens (tertiary/aromatic N) is 1. The van der Waals surface area contributed by atoms with E-state index in [-0.39, 0.29) is 0 Å². The third kappa shape index (κ3) is 1.59. The molecule has 1 aromatic carbocycles. The van der Waals surface area contributed by atoms with Crippen molar-refractivity contribution < 1.29 is 4.74 Å². The van der Waals surface area contributed by atoms with Crippen LogP contribution in [0.1, 0.15) is 5.56 Å². The second-order valence-corrected chi connectivity index (χ2v) is 3.35. The highest BCUT2D eigenvalue weighted by molar-refractivity contribution is 7.83. The molecule has 2 nitrogen and oxygen atoms in total. The Labute approximate surface area is 87.9 Å². The summed E-state index contributed by atoms with van der Waals surface area (Å²) in [6.07, 6.45) is 3.47. The second-order valence-electron chi connectivity index (χ2n) is 2.91. The lowest BCUT2D eigenvalue weighted by Crippen LogP contribution is -1.95. The lowest BCUT2D eigenvalue weighted by Gasteiger charge is -2.03. The molecule has 0 aliphatic carbocycles. The van der Waals surface area contributed by atoms with Crippen LogP contribution in [0.2, 0.25) is 0 Å². The lowest BCUT2D eigenvalue weighted by atomic mass is 10.1. The Morgan fingerprint density at radius 2 is 1.93 bits per heavy atom. The van der Waals surface area contributed by atoms with Crippen LogP contribution in [0.5, 0.6) is 5.75 Å². The van der Waals surface area contributed by atoms with E-state index in [4.69, 9.17) is 17.0 Å². The summed E-state index contributed by atoms with van der Waals surface area (Å²) in [7, 11) is 1.65. The summed E-state index contributed by atoms with van der Waals surface area (Å²) >= 11 is 5.13. The summed E-state index contributed by atoms with van der Waals surface area (Å²) in [5.41, 5.74) is 2.08. The summed E-state index contributed by atoms with van der Waals surface area (Å²) in [5, 5.41) is 0. The SMILES string of the molecule is COc1ccc(C2=CN=CC2=S)cc1. The molecule has 0 amide bonds. The van der Waals surface area contributed by atoms with Gasteiger partial charge in [0, 0.05) is 18.0 Å². The minimum absolute atomic E-state index is 0.787. The van der Waals surface area contributed by atoms with Crippen LogP contribution in [0.3, 0.4) is 0 Å². The standard InChI is InChI=1S/C11H9NOS/c1-13-9-4-2-8(3-5-9)10-6-12-7-11(10)14/h2-7H,1H3. The molecule has 0 saturated carbocycles. The Bertz CT molecular complexity index is 417. The Hall–Kier alpha value is -1.48. The molecular formula is C11H9NOS. The number of methoxy groups -OCH3 is 1. The third-order valence-corrected chi connectivity index (χ3v) is 2.39. The van der Waals surface area contributed by atoms with Gasteiger partial charge in [-0.1, -0.05) is 24.4 Å². The fraction of sp³-hybridized carbons (Fsp3) is 0.0909. The largest absolute Gasteiger partial charge is 0.497 e. The van der Waals surface area contributed by atoms with Crippen molar-refractivity contribution in [3.63, 3.8) is 0 Å². The molecule has 70 valence electrons. The van der Waals surface area contributed by atoms with Gasteiger partial charge in [-0.3, -0.25) is 4.99 Å². The highest BCUT2D eigenvalue weighted by atomic mass is 32.1. The van der Waals surface area contributed by atoms with Gasteiger partial charge in [-0.2, -0.15) is 0 Å². The van der Waals surface area contributed by atoms with Gasteiger partial charge in [0.2, 0.25) is 0 Å². The molecule has 0 bridgehead atoms. The molecule has 0 unspecified atom stereocenters. The average Bonchev–Trinajstić information content (AvgIpc) is 2.65. The molecule has 2 rings (SSSR count). The zero-order chi connectivity index (χ0) is 9.97. The fourth-order valence-corrected chi connectivity index (χ4v) is 1.53. The highest BCUT2D eigenvalue weighted by Crippen LogP contribution is 2.21. The minimum atomic E-state index is 0.787. The van der Waals surface area contributed by atoms with Crippen LogP contribution in [0.25, 0.3) is 5.57 Å². The molecule has 0 N–H and O–H groups in total. The van der Waals surface area contributed by atoms with E-state index in [9.17, 15) is 0 Å². The number of allylic oxidation sites excluding steroid dienone is 1. The highest BCUT2D eigenvalue weighted by Gasteiger charge is 2.09. The monoisotopic (exact) mass is 203 g/mol. The van der Waals surface area contributed by atoms with E-state index >= 15 is 0 Å². The van der Waals surface area contributed by atoms with Crippen LogP contribution in [-0.4, -0.2) is 18.2 Å². The number of hydrogen-bond donors (Lipinski definition) is 0. The van der Waals surface area contributed by atoms with Gasteiger partial charge in [0.05, 0.1) is 12.0 Å². The molecule has 1 aliphatic rings. The molecule has 0 fully saturated rings. The average molecular weight is 203 g/mol. The van der Waals surface area contributed by atoms with Crippen LogP contribution in [-0.2, 0) is 0 Å². The van der Waals surface area contributed by atoms with Crippen LogP contribution in [0, 0.1) is 0 Å². The predicted molar refractivity (Wildman–Crippen MR) is 62.1 cm³/mol. The van der Waals surface area contributed by atoms with Gasteiger partial charge in [0.1, 0.15) is 5.75 Å². The molecule has 0 aromatic heterocycles. The summed E-state index contributed by atoms with van der Waals surface area (Å²) in [6, 6.07) is 7.78. The molecule has 0 radical (unpaired) electrons. The first-order valence-electron chi connectivity index (χ1n) is 4.23. The third-order valence-electron chi connectivity index (χ3n) is 2.06. The maximum atomic E-state index is 5.13. The lowest BCUT2D eigenvalue weighted by molar-refractivity contribution is 0.415. The molecule has 0 spiro atoms. The van der Waals surface area contributed by atoms with Crippen molar-refractivity contribution >= 4 is 28.9 Å². The van der Waals surface area contributed by atoms with E-state index in [0.29, 0.717) is 0 Å². The zero-order valence-corrected chi connectivity index (χ0v) is 8.54. The van der Waals surface area contributed by atoms with E-state index in [1.807, 2.05) is 24.3 Å². The molecule has 0 atom stereocenters. The Morgan fingerprint density at radius 3 is 2.43 bits per heavy atom. The Morgan fingerprint density at radius 1 is 1.21 bits per heavy atom. The van der Waals surface area contributed by atoms with Crippen LogP contribution in [0.15, 0.2) is 35.5 Å². The number of hydrogen-bond acceptors (Lipinski definition) is 3. The van der Waals surface area contributed by atoms with E-state index in [2.05, 4.69) is 4.99 Å². The van der Waals surface area contributed by atoms with E-state index < -0.39 is 0 Å². The van der Waals surface area contributed by atoms with Gasteiger partial charge in [0.15, 0.2) is 0 Å².